The zero-order valence-electron chi connectivity index (χ0n) is 12.6. The van der Waals surface area contributed by atoms with Crippen LogP contribution in [0.25, 0.3) is 5.52 Å². The van der Waals surface area contributed by atoms with E-state index in [9.17, 15) is 4.79 Å². The van der Waals surface area contributed by atoms with Gasteiger partial charge in [-0.15, -0.1) is 0 Å². The van der Waals surface area contributed by atoms with Crippen molar-refractivity contribution >= 4 is 5.52 Å². The van der Waals surface area contributed by atoms with E-state index in [1.54, 1.807) is 27.5 Å². The van der Waals surface area contributed by atoms with E-state index in [4.69, 9.17) is 0 Å². The number of hydrogen-bond acceptors (Lipinski definition) is 3. The maximum Gasteiger partial charge on any atom is 0.276 e. The summed E-state index contributed by atoms with van der Waals surface area (Å²) < 4.78 is 3.29. The van der Waals surface area contributed by atoms with Gasteiger partial charge in [-0.2, -0.15) is 5.10 Å². The van der Waals surface area contributed by atoms with Gasteiger partial charge in [0.15, 0.2) is 0 Å². The summed E-state index contributed by atoms with van der Waals surface area (Å²) in [7, 11) is 0. The Morgan fingerprint density at radius 2 is 2.10 bits per heavy atom. The zero-order chi connectivity index (χ0) is 14.9. The monoisotopic (exact) mass is 274 g/mol. The molecule has 0 bridgehead atoms. The SMILES string of the molecule is C=C(CNC(C)(C)C)Cn1ccn2nc(C)cc2c1=O. The molecule has 2 aromatic heterocycles. The van der Waals surface area contributed by atoms with E-state index in [2.05, 4.69) is 37.8 Å². The van der Waals surface area contributed by atoms with Crippen molar-refractivity contribution in [2.45, 2.75) is 39.8 Å². The van der Waals surface area contributed by atoms with E-state index in [0.29, 0.717) is 18.6 Å². The van der Waals surface area contributed by atoms with Crippen LogP contribution >= 0.6 is 0 Å². The average Bonchev–Trinajstić information content (AvgIpc) is 2.71. The van der Waals surface area contributed by atoms with Crippen molar-refractivity contribution < 1.29 is 0 Å². The van der Waals surface area contributed by atoms with Crippen molar-refractivity contribution in [3.63, 3.8) is 0 Å². The van der Waals surface area contributed by atoms with E-state index in [0.717, 1.165) is 11.3 Å². The molecule has 0 aliphatic heterocycles. The number of nitrogens with zero attached hydrogens (tertiary/aromatic N) is 3. The van der Waals surface area contributed by atoms with Gasteiger partial charge in [0.1, 0.15) is 5.52 Å². The molecular formula is C15H22N4O. The Kier molecular flexibility index (Phi) is 3.81. The Morgan fingerprint density at radius 3 is 2.75 bits per heavy atom. The number of rotatable bonds is 4. The molecule has 1 N–H and O–H groups in total. The fourth-order valence-corrected chi connectivity index (χ4v) is 1.96. The summed E-state index contributed by atoms with van der Waals surface area (Å²) in [4.78, 5) is 12.3. The highest BCUT2D eigenvalue weighted by Gasteiger charge is 2.10. The van der Waals surface area contributed by atoms with Gasteiger partial charge in [0.2, 0.25) is 0 Å². The van der Waals surface area contributed by atoms with Crippen molar-refractivity contribution in [2.24, 2.45) is 0 Å². The zero-order valence-corrected chi connectivity index (χ0v) is 12.6. The minimum Gasteiger partial charge on any atom is -0.308 e. The van der Waals surface area contributed by atoms with Gasteiger partial charge in [-0.3, -0.25) is 4.79 Å². The normalized spacial score (nSPS) is 12.0. The van der Waals surface area contributed by atoms with Gasteiger partial charge in [0.25, 0.3) is 5.56 Å². The Hall–Kier alpha value is -1.88. The van der Waals surface area contributed by atoms with Crippen molar-refractivity contribution in [3.05, 3.63) is 46.7 Å². The van der Waals surface area contributed by atoms with Gasteiger partial charge in [0.05, 0.1) is 5.69 Å². The molecule has 0 fully saturated rings. The summed E-state index contributed by atoms with van der Waals surface area (Å²) in [6.07, 6.45) is 3.55. The molecule has 2 rings (SSSR count). The van der Waals surface area contributed by atoms with Crippen molar-refractivity contribution in [2.75, 3.05) is 6.54 Å². The summed E-state index contributed by atoms with van der Waals surface area (Å²) in [5.41, 5.74) is 2.42. The number of aryl methyl sites for hydroxylation is 1. The first-order chi connectivity index (χ1) is 9.26. The molecule has 0 unspecified atom stereocenters. The second kappa shape index (κ2) is 5.25. The first-order valence-electron chi connectivity index (χ1n) is 6.73. The lowest BCUT2D eigenvalue weighted by Crippen LogP contribution is -2.37. The van der Waals surface area contributed by atoms with Gasteiger partial charge in [0, 0.05) is 31.0 Å². The fraction of sp³-hybridized carbons (Fsp3) is 0.467. The maximum atomic E-state index is 12.3. The molecule has 0 aromatic carbocycles. The molecule has 5 nitrogen and oxygen atoms in total. The molecule has 20 heavy (non-hydrogen) atoms. The first kappa shape index (κ1) is 14.5. The summed E-state index contributed by atoms with van der Waals surface area (Å²) in [6.45, 7) is 13.4. The van der Waals surface area contributed by atoms with Crippen LogP contribution < -0.4 is 10.9 Å². The van der Waals surface area contributed by atoms with E-state index in [-0.39, 0.29) is 11.1 Å². The third-order valence-electron chi connectivity index (χ3n) is 2.99. The molecular weight excluding hydrogens is 252 g/mol. The Labute approximate surface area is 118 Å². The van der Waals surface area contributed by atoms with E-state index >= 15 is 0 Å². The van der Waals surface area contributed by atoms with Gasteiger partial charge in [-0.1, -0.05) is 6.58 Å². The van der Waals surface area contributed by atoms with Crippen LogP contribution in [0.3, 0.4) is 0 Å². The predicted octanol–water partition coefficient (Wildman–Crippen LogP) is 1.75. The van der Waals surface area contributed by atoms with Gasteiger partial charge in [-0.05, 0) is 39.3 Å². The van der Waals surface area contributed by atoms with E-state index in [1.807, 2.05) is 6.92 Å². The summed E-state index contributed by atoms with van der Waals surface area (Å²) >= 11 is 0. The van der Waals surface area contributed by atoms with E-state index in [1.165, 1.54) is 0 Å². The lowest BCUT2D eigenvalue weighted by atomic mass is 10.1. The average molecular weight is 274 g/mol. The second-order valence-electron chi connectivity index (χ2n) is 6.20. The van der Waals surface area contributed by atoms with Crippen LogP contribution in [0.2, 0.25) is 0 Å². The van der Waals surface area contributed by atoms with Crippen molar-refractivity contribution in [1.29, 1.82) is 0 Å². The molecule has 0 amide bonds. The van der Waals surface area contributed by atoms with Crippen LogP contribution in [0.4, 0.5) is 0 Å². The summed E-state index contributed by atoms with van der Waals surface area (Å²) in [5.74, 6) is 0. The van der Waals surface area contributed by atoms with Crippen LogP contribution in [0.5, 0.6) is 0 Å². The Morgan fingerprint density at radius 1 is 1.40 bits per heavy atom. The molecule has 2 heterocycles. The maximum absolute atomic E-state index is 12.3. The molecule has 108 valence electrons. The quantitative estimate of drug-likeness (QED) is 0.864. The molecule has 0 saturated carbocycles. The molecule has 2 aromatic rings. The molecule has 5 heteroatoms. The first-order valence-corrected chi connectivity index (χ1v) is 6.73. The van der Waals surface area contributed by atoms with Crippen LogP contribution in [0.1, 0.15) is 26.5 Å². The number of hydrogen-bond donors (Lipinski definition) is 1. The fourth-order valence-electron chi connectivity index (χ4n) is 1.96. The highest BCUT2D eigenvalue weighted by molar-refractivity contribution is 5.44. The van der Waals surface area contributed by atoms with Gasteiger partial charge >= 0.3 is 0 Å². The minimum absolute atomic E-state index is 0.0370. The van der Waals surface area contributed by atoms with Crippen LogP contribution in [0, 0.1) is 6.92 Å². The molecule has 0 radical (unpaired) electrons. The standard InChI is InChI=1S/C15H22N4O/c1-11(9-16-15(3,4)5)10-18-6-7-19-13(14(18)20)8-12(2)17-19/h6-8,16H,1,9-10H2,2-5H3. The predicted molar refractivity (Wildman–Crippen MR) is 81.1 cm³/mol. The topological polar surface area (TPSA) is 51.3 Å². The number of fused-ring (bicyclic) bond motifs is 1. The Bertz CT molecular complexity index is 688. The minimum atomic E-state index is -0.0370. The van der Waals surface area contributed by atoms with Crippen molar-refractivity contribution in [1.82, 2.24) is 19.5 Å². The largest absolute Gasteiger partial charge is 0.308 e. The highest BCUT2D eigenvalue weighted by atomic mass is 16.1. The van der Waals surface area contributed by atoms with Gasteiger partial charge in [-0.25, -0.2) is 4.52 Å². The molecule has 0 aliphatic carbocycles. The summed E-state index contributed by atoms with van der Waals surface area (Å²) in [6, 6.07) is 1.80. The molecule has 0 spiro atoms. The Balaban J connectivity index is 2.16. The highest BCUT2D eigenvalue weighted by Crippen LogP contribution is 2.03. The van der Waals surface area contributed by atoms with Crippen LogP contribution in [0.15, 0.2) is 35.4 Å². The lowest BCUT2D eigenvalue weighted by molar-refractivity contribution is 0.440. The smallest absolute Gasteiger partial charge is 0.276 e. The third-order valence-corrected chi connectivity index (χ3v) is 2.99. The summed E-state index contributed by atoms with van der Waals surface area (Å²) in [5, 5.41) is 7.60. The van der Waals surface area contributed by atoms with Crippen LogP contribution in [-0.4, -0.2) is 26.3 Å². The van der Waals surface area contributed by atoms with E-state index < -0.39 is 0 Å². The number of aromatic nitrogens is 3. The van der Waals surface area contributed by atoms with Gasteiger partial charge < -0.3 is 9.88 Å². The second-order valence-corrected chi connectivity index (χ2v) is 6.20. The molecule has 0 saturated heterocycles. The van der Waals surface area contributed by atoms with Crippen molar-refractivity contribution in [3.8, 4) is 0 Å². The third kappa shape index (κ3) is 3.36. The van der Waals surface area contributed by atoms with Crippen LogP contribution in [-0.2, 0) is 6.54 Å². The lowest BCUT2D eigenvalue weighted by Gasteiger charge is -2.21. The number of nitrogens with one attached hydrogen (secondary N) is 1. The molecule has 0 aliphatic rings. The molecule has 0 atom stereocenters.